The van der Waals surface area contributed by atoms with E-state index in [1.54, 1.807) is 13.8 Å². The monoisotopic (exact) mass is 268 g/mol. The fourth-order valence-corrected chi connectivity index (χ4v) is 2.68. The molecule has 2 aliphatic rings. The molecule has 4 atom stereocenters. The summed E-state index contributed by atoms with van der Waals surface area (Å²) in [5, 5.41) is 30.5. The molecule has 0 aromatic rings. The van der Waals surface area contributed by atoms with Crippen LogP contribution in [-0.4, -0.2) is 44.5 Å². The van der Waals surface area contributed by atoms with Crippen molar-refractivity contribution in [2.75, 3.05) is 0 Å². The molecule has 1 aliphatic heterocycles. The highest BCUT2D eigenvalue weighted by atomic mass is 16.5. The van der Waals surface area contributed by atoms with Crippen LogP contribution in [0.25, 0.3) is 0 Å². The smallest absolute Gasteiger partial charge is 0.193 e. The highest BCUT2D eigenvalue weighted by Crippen LogP contribution is 2.43. The summed E-state index contributed by atoms with van der Waals surface area (Å²) >= 11 is 0. The van der Waals surface area contributed by atoms with Crippen LogP contribution in [-0.2, 0) is 9.53 Å². The molecule has 0 aromatic heterocycles. The highest BCUT2D eigenvalue weighted by molar-refractivity contribution is 5.99. The van der Waals surface area contributed by atoms with Crippen LogP contribution in [0.2, 0.25) is 0 Å². The maximum absolute atomic E-state index is 11.9. The second kappa shape index (κ2) is 4.44. The first-order valence-electron chi connectivity index (χ1n) is 6.36. The summed E-state index contributed by atoms with van der Waals surface area (Å²) in [5.41, 5.74) is -2.91. The first kappa shape index (κ1) is 14.2. The quantitative estimate of drug-likeness (QED) is 0.641. The van der Waals surface area contributed by atoms with Crippen molar-refractivity contribution in [3.8, 4) is 0 Å². The molecule has 1 fully saturated rings. The summed E-state index contributed by atoms with van der Waals surface area (Å²) in [5.74, 6) is -0.708. The molecular formula is C14H20O5. The van der Waals surface area contributed by atoms with Gasteiger partial charge in [0, 0.05) is 18.4 Å². The largest absolute Gasteiger partial charge is 0.491 e. The zero-order valence-corrected chi connectivity index (χ0v) is 11.2. The number of hydrogen-bond donors (Lipinski definition) is 3. The van der Waals surface area contributed by atoms with E-state index >= 15 is 0 Å². The average Bonchev–Trinajstić information content (AvgIpc) is 2.70. The molecule has 0 amide bonds. The Morgan fingerprint density at radius 3 is 2.79 bits per heavy atom. The van der Waals surface area contributed by atoms with Crippen LogP contribution < -0.4 is 0 Å². The molecular weight excluding hydrogens is 248 g/mol. The Balaban J connectivity index is 2.30. The number of ketones is 1. The van der Waals surface area contributed by atoms with E-state index in [4.69, 9.17) is 4.74 Å². The Labute approximate surface area is 112 Å². The molecule has 0 aromatic carbocycles. The molecule has 1 aliphatic carbocycles. The van der Waals surface area contributed by atoms with Crippen LogP contribution in [0.1, 0.15) is 26.7 Å². The van der Waals surface area contributed by atoms with Gasteiger partial charge < -0.3 is 20.1 Å². The number of carbonyl (C=O) groups excluding carboxylic acids is 1. The van der Waals surface area contributed by atoms with Crippen LogP contribution >= 0.6 is 0 Å². The first-order chi connectivity index (χ1) is 8.70. The summed E-state index contributed by atoms with van der Waals surface area (Å²) in [6.07, 6.45) is 1.24. The van der Waals surface area contributed by atoms with E-state index in [1.165, 1.54) is 12.2 Å². The molecule has 106 valence electrons. The van der Waals surface area contributed by atoms with E-state index in [0.29, 0.717) is 12.2 Å². The predicted octanol–water partition coefficient (Wildman–Crippen LogP) is 0.297. The lowest BCUT2D eigenvalue weighted by Gasteiger charge is -2.36. The Kier molecular flexibility index (Phi) is 3.33. The fourth-order valence-electron chi connectivity index (χ4n) is 2.68. The molecule has 2 rings (SSSR count). The topological polar surface area (TPSA) is 87.0 Å². The summed E-state index contributed by atoms with van der Waals surface area (Å²) in [6, 6.07) is 0. The fraction of sp³-hybridized carbons (Fsp3) is 0.643. The van der Waals surface area contributed by atoms with Crippen molar-refractivity contribution in [1.29, 1.82) is 0 Å². The van der Waals surface area contributed by atoms with Gasteiger partial charge in [0.2, 0.25) is 0 Å². The lowest BCUT2D eigenvalue weighted by Crippen LogP contribution is -2.54. The van der Waals surface area contributed by atoms with Crippen LogP contribution in [0.5, 0.6) is 0 Å². The summed E-state index contributed by atoms with van der Waals surface area (Å²) in [6.45, 7) is 6.71. The summed E-state index contributed by atoms with van der Waals surface area (Å²) < 4.78 is 5.54. The van der Waals surface area contributed by atoms with Gasteiger partial charge in [-0.25, -0.2) is 0 Å². The van der Waals surface area contributed by atoms with E-state index in [2.05, 4.69) is 6.58 Å². The van der Waals surface area contributed by atoms with Crippen molar-refractivity contribution in [3.63, 3.8) is 0 Å². The molecule has 5 heteroatoms. The minimum atomic E-state index is -1.84. The van der Waals surface area contributed by atoms with Gasteiger partial charge in [-0.2, -0.15) is 0 Å². The number of aliphatic hydroxyl groups is 3. The Morgan fingerprint density at radius 1 is 1.63 bits per heavy atom. The molecule has 1 saturated heterocycles. The van der Waals surface area contributed by atoms with Crippen molar-refractivity contribution in [2.24, 2.45) is 5.92 Å². The summed E-state index contributed by atoms with van der Waals surface area (Å²) in [4.78, 5) is 11.9. The number of fused-ring (bicyclic) bond motifs is 1. The maximum atomic E-state index is 11.9. The lowest BCUT2D eigenvalue weighted by molar-refractivity contribution is -0.151. The van der Waals surface area contributed by atoms with Gasteiger partial charge in [0.15, 0.2) is 11.4 Å². The van der Waals surface area contributed by atoms with Gasteiger partial charge in [0.1, 0.15) is 18.0 Å². The number of ether oxygens (including phenoxy) is 1. The van der Waals surface area contributed by atoms with Gasteiger partial charge in [-0.15, -0.1) is 6.58 Å². The standard InChI is InChI=1S/C14H20O5/c1-4-5-14(18)10(15)7-9-8(12(14)16)6-11(19-9)13(2,3)17/h4,7-8,11-12,16-18H,1,5-6H2,2-3H3/t8?,11-,12+,14-/m0/s1. The molecule has 0 bridgehead atoms. The third-order valence-electron chi connectivity index (χ3n) is 3.93. The van der Waals surface area contributed by atoms with Crippen LogP contribution in [0, 0.1) is 5.92 Å². The van der Waals surface area contributed by atoms with E-state index in [-0.39, 0.29) is 6.42 Å². The minimum absolute atomic E-state index is 0.0134. The van der Waals surface area contributed by atoms with Gasteiger partial charge in [-0.05, 0) is 20.3 Å². The van der Waals surface area contributed by atoms with Crippen molar-refractivity contribution in [3.05, 3.63) is 24.5 Å². The Hall–Kier alpha value is -1.17. The van der Waals surface area contributed by atoms with Gasteiger partial charge >= 0.3 is 0 Å². The summed E-state index contributed by atoms with van der Waals surface area (Å²) in [7, 11) is 0. The Morgan fingerprint density at radius 2 is 2.26 bits per heavy atom. The zero-order valence-electron chi connectivity index (χ0n) is 11.2. The lowest BCUT2D eigenvalue weighted by atomic mass is 9.74. The van der Waals surface area contributed by atoms with Gasteiger partial charge in [0.25, 0.3) is 0 Å². The Bertz CT molecular complexity index is 434. The van der Waals surface area contributed by atoms with Gasteiger partial charge in [-0.3, -0.25) is 4.79 Å². The third-order valence-corrected chi connectivity index (χ3v) is 3.93. The molecule has 5 nitrogen and oxygen atoms in total. The van der Waals surface area contributed by atoms with Crippen LogP contribution in [0.15, 0.2) is 24.5 Å². The van der Waals surface area contributed by atoms with Crippen LogP contribution in [0.3, 0.4) is 0 Å². The normalized spacial score (nSPS) is 38.5. The second-order valence-electron chi connectivity index (χ2n) is 5.88. The van der Waals surface area contributed by atoms with E-state index in [9.17, 15) is 20.1 Å². The van der Waals surface area contributed by atoms with Crippen molar-refractivity contribution in [1.82, 2.24) is 0 Å². The molecule has 0 spiro atoms. The maximum Gasteiger partial charge on any atom is 0.193 e. The second-order valence-corrected chi connectivity index (χ2v) is 5.88. The van der Waals surface area contributed by atoms with Gasteiger partial charge in [0.05, 0.1) is 5.60 Å². The van der Waals surface area contributed by atoms with Crippen molar-refractivity contribution in [2.45, 2.75) is 50.1 Å². The first-order valence-corrected chi connectivity index (χ1v) is 6.36. The highest BCUT2D eigenvalue weighted by Gasteiger charge is 2.54. The number of hydrogen-bond acceptors (Lipinski definition) is 5. The molecule has 0 radical (unpaired) electrons. The molecule has 1 unspecified atom stereocenters. The number of aliphatic hydroxyl groups excluding tert-OH is 1. The minimum Gasteiger partial charge on any atom is -0.491 e. The molecule has 19 heavy (non-hydrogen) atoms. The zero-order chi connectivity index (χ0) is 14.4. The van der Waals surface area contributed by atoms with E-state index in [0.717, 1.165) is 0 Å². The van der Waals surface area contributed by atoms with E-state index < -0.39 is 35.1 Å². The average molecular weight is 268 g/mol. The molecule has 3 N–H and O–H groups in total. The number of carbonyl (C=O) groups is 1. The third kappa shape index (κ3) is 2.22. The molecule has 1 heterocycles. The van der Waals surface area contributed by atoms with E-state index in [1.807, 2.05) is 0 Å². The van der Waals surface area contributed by atoms with Crippen molar-refractivity contribution >= 4 is 5.78 Å². The predicted molar refractivity (Wildman–Crippen MR) is 68.1 cm³/mol. The number of rotatable bonds is 3. The van der Waals surface area contributed by atoms with Crippen molar-refractivity contribution < 1.29 is 24.9 Å². The molecule has 0 saturated carbocycles. The van der Waals surface area contributed by atoms with Crippen LogP contribution in [0.4, 0.5) is 0 Å². The SMILES string of the molecule is C=CC[C@]1(O)C(=O)C=C2O[C@H](C(C)(C)O)CC2[C@H]1O. The van der Waals surface area contributed by atoms with Gasteiger partial charge in [-0.1, -0.05) is 6.08 Å².